The topological polar surface area (TPSA) is 60.8 Å². The molecule has 0 radical (unpaired) electrons. The van der Waals surface area contributed by atoms with E-state index in [2.05, 4.69) is 0 Å². The minimum Gasteiger partial charge on any atom is -0.391 e. The number of nitrogens with zero attached hydrogens (tertiary/aromatic N) is 1. The van der Waals surface area contributed by atoms with Crippen molar-refractivity contribution in [3.63, 3.8) is 0 Å². The van der Waals surface area contributed by atoms with Gasteiger partial charge in [0.15, 0.2) is 0 Å². The van der Waals surface area contributed by atoms with Crippen molar-refractivity contribution in [1.29, 1.82) is 0 Å². The van der Waals surface area contributed by atoms with Crippen molar-refractivity contribution in [3.8, 4) is 0 Å². The van der Waals surface area contributed by atoms with Gasteiger partial charge >= 0.3 is 0 Å². The van der Waals surface area contributed by atoms with Crippen LogP contribution < -0.4 is 0 Å². The van der Waals surface area contributed by atoms with Crippen molar-refractivity contribution >= 4 is 5.91 Å². The highest BCUT2D eigenvalue weighted by molar-refractivity contribution is 5.79. The van der Waals surface area contributed by atoms with Crippen molar-refractivity contribution in [3.05, 3.63) is 0 Å². The average molecular weight is 187 g/mol. The second kappa shape index (κ2) is 4.58. The summed E-state index contributed by atoms with van der Waals surface area (Å²) in [7, 11) is 0. The van der Waals surface area contributed by atoms with Gasteiger partial charge in [-0.2, -0.15) is 0 Å². The molecule has 13 heavy (non-hydrogen) atoms. The molecule has 0 saturated carbocycles. The molecule has 1 heterocycles. The van der Waals surface area contributed by atoms with Crippen LogP contribution in [0.2, 0.25) is 0 Å². The largest absolute Gasteiger partial charge is 0.391 e. The van der Waals surface area contributed by atoms with E-state index in [1.807, 2.05) is 6.92 Å². The van der Waals surface area contributed by atoms with Gasteiger partial charge in [0.25, 0.3) is 0 Å². The van der Waals surface area contributed by atoms with E-state index in [9.17, 15) is 9.90 Å². The number of β-amino-alcohol motifs (C(OH)–C–C–N with tert-alkyl or cyclic N) is 2. The molecule has 1 aliphatic heterocycles. The van der Waals surface area contributed by atoms with E-state index in [0.717, 1.165) is 6.42 Å². The zero-order valence-corrected chi connectivity index (χ0v) is 7.94. The Hall–Kier alpha value is -0.610. The maximum atomic E-state index is 11.2. The van der Waals surface area contributed by atoms with E-state index in [1.54, 1.807) is 0 Å². The highest BCUT2D eigenvalue weighted by Crippen LogP contribution is 2.12. The number of likely N-dealkylation sites (tertiary alicyclic amines) is 1. The summed E-state index contributed by atoms with van der Waals surface area (Å²) < 4.78 is 0. The van der Waals surface area contributed by atoms with E-state index in [1.165, 1.54) is 4.90 Å². The Bertz CT molecular complexity index is 184. The number of rotatable bonds is 4. The summed E-state index contributed by atoms with van der Waals surface area (Å²) in [4.78, 5) is 12.7. The van der Waals surface area contributed by atoms with Crippen molar-refractivity contribution in [1.82, 2.24) is 4.90 Å². The SMILES string of the molecule is CCCC(O)CN1CC(O)CC1=O. The highest BCUT2D eigenvalue weighted by atomic mass is 16.3. The third-order valence-corrected chi connectivity index (χ3v) is 2.25. The minimum atomic E-state index is -0.540. The lowest BCUT2D eigenvalue weighted by molar-refractivity contribution is -0.129. The van der Waals surface area contributed by atoms with E-state index < -0.39 is 12.2 Å². The number of aliphatic hydroxyl groups excluding tert-OH is 2. The van der Waals surface area contributed by atoms with Gasteiger partial charge in [-0.25, -0.2) is 0 Å². The van der Waals surface area contributed by atoms with Crippen LogP contribution in [-0.2, 0) is 4.79 Å². The van der Waals surface area contributed by atoms with Crippen molar-refractivity contribution in [2.24, 2.45) is 0 Å². The van der Waals surface area contributed by atoms with Crippen LogP contribution in [0.3, 0.4) is 0 Å². The van der Waals surface area contributed by atoms with Crippen molar-refractivity contribution in [2.75, 3.05) is 13.1 Å². The molecule has 1 rings (SSSR count). The molecule has 0 bridgehead atoms. The van der Waals surface area contributed by atoms with Crippen LogP contribution >= 0.6 is 0 Å². The first kappa shape index (κ1) is 10.5. The Morgan fingerprint density at radius 3 is 2.85 bits per heavy atom. The number of carbonyl (C=O) groups is 1. The van der Waals surface area contributed by atoms with Gasteiger partial charge in [0.1, 0.15) is 0 Å². The molecule has 76 valence electrons. The van der Waals surface area contributed by atoms with Crippen LogP contribution in [0.15, 0.2) is 0 Å². The van der Waals surface area contributed by atoms with Crippen LogP contribution in [-0.4, -0.2) is 46.3 Å². The predicted molar refractivity (Wildman–Crippen MR) is 48.1 cm³/mol. The van der Waals surface area contributed by atoms with Crippen LogP contribution in [0.4, 0.5) is 0 Å². The van der Waals surface area contributed by atoms with E-state index in [-0.39, 0.29) is 12.3 Å². The summed E-state index contributed by atoms with van der Waals surface area (Å²) in [5.41, 5.74) is 0. The molecule has 2 unspecified atom stereocenters. The monoisotopic (exact) mass is 187 g/mol. The van der Waals surface area contributed by atoms with Crippen LogP contribution in [0, 0.1) is 0 Å². The first-order valence-electron chi connectivity index (χ1n) is 4.77. The minimum absolute atomic E-state index is 0.0531. The molecule has 0 aromatic rings. The Morgan fingerprint density at radius 1 is 1.69 bits per heavy atom. The third kappa shape index (κ3) is 2.97. The molecule has 0 spiro atoms. The summed E-state index contributed by atoms with van der Waals surface area (Å²) in [6, 6.07) is 0. The first-order valence-corrected chi connectivity index (χ1v) is 4.77. The molecule has 1 saturated heterocycles. The van der Waals surface area contributed by atoms with Crippen LogP contribution in [0.5, 0.6) is 0 Å². The number of carbonyl (C=O) groups excluding carboxylic acids is 1. The maximum Gasteiger partial charge on any atom is 0.225 e. The maximum absolute atomic E-state index is 11.2. The fourth-order valence-electron chi connectivity index (χ4n) is 1.61. The fourth-order valence-corrected chi connectivity index (χ4v) is 1.61. The van der Waals surface area contributed by atoms with Gasteiger partial charge in [-0.1, -0.05) is 13.3 Å². The molecule has 0 aromatic heterocycles. The Balaban J connectivity index is 2.32. The van der Waals surface area contributed by atoms with Crippen LogP contribution in [0.1, 0.15) is 26.2 Å². The van der Waals surface area contributed by atoms with Gasteiger partial charge in [-0.05, 0) is 6.42 Å². The lowest BCUT2D eigenvalue weighted by atomic mass is 10.2. The van der Waals surface area contributed by atoms with Gasteiger partial charge in [-0.15, -0.1) is 0 Å². The standard InChI is InChI=1S/C9H17NO3/c1-2-3-7(11)5-10-6-8(12)4-9(10)13/h7-8,11-12H,2-6H2,1H3. The molecular weight excluding hydrogens is 170 g/mol. The van der Waals surface area contributed by atoms with Gasteiger partial charge in [0.05, 0.1) is 18.6 Å². The summed E-state index contributed by atoms with van der Waals surface area (Å²) in [6.45, 7) is 2.73. The predicted octanol–water partition coefficient (Wildman–Crippen LogP) is -0.259. The number of aliphatic hydroxyl groups is 2. The van der Waals surface area contributed by atoms with Crippen molar-refractivity contribution in [2.45, 2.75) is 38.4 Å². The molecule has 1 amide bonds. The second-order valence-corrected chi connectivity index (χ2v) is 3.60. The normalized spacial score (nSPS) is 25.3. The zero-order valence-electron chi connectivity index (χ0n) is 7.94. The fraction of sp³-hybridized carbons (Fsp3) is 0.889. The second-order valence-electron chi connectivity index (χ2n) is 3.60. The highest BCUT2D eigenvalue weighted by Gasteiger charge is 2.28. The summed E-state index contributed by atoms with van der Waals surface area (Å²) >= 11 is 0. The lowest BCUT2D eigenvalue weighted by Crippen LogP contribution is -2.34. The van der Waals surface area contributed by atoms with Crippen LogP contribution in [0.25, 0.3) is 0 Å². The Labute approximate surface area is 78.2 Å². The van der Waals surface area contributed by atoms with Crippen molar-refractivity contribution < 1.29 is 15.0 Å². The van der Waals surface area contributed by atoms with Gasteiger partial charge in [0, 0.05) is 13.1 Å². The quantitative estimate of drug-likeness (QED) is 0.637. The third-order valence-electron chi connectivity index (χ3n) is 2.25. The van der Waals surface area contributed by atoms with E-state index in [4.69, 9.17) is 5.11 Å². The number of hydrogen-bond donors (Lipinski definition) is 2. The molecule has 1 fully saturated rings. The van der Waals surface area contributed by atoms with E-state index in [0.29, 0.717) is 19.5 Å². The average Bonchev–Trinajstić information content (AvgIpc) is 2.30. The number of hydrogen-bond acceptors (Lipinski definition) is 3. The molecular formula is C9H17NO3. The number of amides is 1. The Morgan fingerprint density at radius 2 is 2.38 bits per heavy atom. The molecule has 0 aliphatic carbocycles. The Kier molecular flexibility index (Phi) is 3.69. The summed E-state index contributed by atoms with van der Waals surface area (Å²) in [6.07, 6.45) is 0.838. The molecule has 1 aliphatic rings. The summed E-state index contributed by atoms with van der Waals surface area (Å²) in [5, 5.41) is 18.6. The summed E-state index contributed by atoms with van der Waals surface area (Å²) in [5.74, 6) is -0.0531. The smallest absolute Gasteiger partial charge is 0.225 e. The molecule has 0 aromatic carbocycles. The molecule has 2 atom stereocenters. The van der Waals surface area contributed by atoms with Gasteiger partial charge < -0.3 is 15.1 Å². The molecule has 2 N–H and O–H groups in total. The van der Waals surface area contributed by atoms with E-state index >= 15 is 0 Å². The van der Waals surface area contributed by atoms with Gasteiger partial charge in [0.2, 0.25) is 5.91 Å². The zero-order chi connectivity index (χ0) is 9.84. The molecule has 4 nitrogen and oxygen atoms in total. The lowest BCUT2D eigenvalue weighted by Gasteiger charge is -2.19. The molecule has 4 heteroatoms. The van der Waals surface area contributed by atoms with Gasteiger partial charge in [-0.3, -0.25) is 4.79 Å². The first-order chi connectivity index (χ1) is 6.13.